The van der Waals surface area contributed by atoms with Crippen molar-refractivity contribution < 1.29 is 33.5 Å². The van der Waals surface area contributed by atoms with Crippen LogP contribution in [-0.2, 0) is 25.1 Å². The van der Waals surface area contributed by atoms with Gasteiger partial charge in [-0.1, -0.05) is 44.2 Å². The highest BCUT2D eigenvalue weighted by Crippen LogP contribution is 2.50. The molecule has 0 radical (unpaired) electrons. The normalized spacial score (nSPS) is 15.1. The van der Waals surface area contributed by atoms with Gasteiger partial charge in [0, 0.05) is 13.0 Å². The predicted molar refractivity (Wildman–Crippen MR) is 111 cm³/mol. The smallest absolute Gasteiger partial charge is 0.351 e. The molecular formula is C19H30N3O7P. The van der Waals surface area contributed by atoms with Crippen LogP contribution in [0.1, 0.15) is 38.7 Å². The summed E-state index contributed by atoms with van der Waals surface area (Å²) in [7, 11) is -4.51. The molecule has 0 aliphatic rings. The van der Waals surface area contributed by atoms with Crippen LogP contribution in [0.25, 0.3) is 0 Å². The quantitative estimate of drug-likeness (QED) is 0.229. The number of aryl methyl sites for hydroxylation is 1. The zero-order valence-electron chi connectivity index (χ0n) is 17.1. The Labute approximate surface area is 175 Å². The average molecular weight is 443 g/mol. The molecular weight excluding hydrogens is 413 g/mol. The van der Waals surface area contributed by atoms with Crippen LogP contribution in [0.15, 0.2) is 30.3 Å². The van der Waals surface area contributed by atoms with E-state index in [1.807, 2.05) is 30.3 Å². The minimum atomic E-state index is -4.51. The molecule has 3 atom stereocenters. The summed E-state index contributed by atoms with van der Waals surface area (Å²) >= 11 is 0. The van der Waals surface area contributed by atoms with Gasteiger partial charge < -0.3 is 26.4 Å². The molecule has 0 bridgehead atoms. The number of carbonyl (C=O) groups excluding carboxylic acids is 2. The highest BCUT2D eigenvalue weighted by molar-refractivity contribution is 7.53. The van der Waals surface area contributed by atoms with Crippen LogP contribution < -0.4 is 16.4 Å². The van der Waals surface area contributed by atoms with Gasteiger partial charge in [0.1, 0.15) is 5.78 Å². The molecule has 3 amide bonds. The molecule has 1 aromatic rings. The van der Waals surface area contributed by atoms with Crippen molar-refractivity contribution in [2.45, 2.75) is 51.4 Å². The maximum atomic E-state index is 12.8. The zero-order valence-corrected chi connectivity index (χ0v) is 18.0. The van der Waals surface area contributed by atoms with Gasteiger partial charge in [-0.05, 0) is 30.7 Å². The second-order valence-electron chi connectivity index (χ2n) is 7.17. The van der Waals surface area contributed by atoms with Crippen LogP contribution in [0, 0.1) is 5.92 Å². The Kier molecular flexibility index (Phi) is 10.5. The number of benzene rings is 1. The largest absolute Gasteiger partial charge is 0.479 e. The molecule has 0 saturated heterocycles. The summed E-state index contributed by atoms with van der Waals surface area (Å²) in [6, 6.07) is 8.56. The van der Waals surface area contributed by atoms with Gasteiger partial charge >= 0.3 is 19.6 Å². The van der Waals surface area contributed by atoms with Crippen LogP contribution in [0.4, 0.5) is 4.79 Å². The van der Waals surface area contributed by atoms with E-state index in [0.29, 0.717) is 6.42 Å². The van der Waals surface area contributed by atoms with Gasteiger partial charge in [-0.2, -0.15) is 0 Å². The first-order valence-corrected chi connectivity index (χ1v) is 11.3. The summed E-state index contributed by atoms with van der Waals surface area (Å²) in [6.45, 7) is 3.35. The first-order valence-electron chi connectivity index (χ1n) is 9.63. The van der Waals surface area contributed by atoms with Gasteiger partial charge in [-0.15, -0.1) is 0 Å². The summed E-state index contributed by atoms with van der Waals surface area (Å²) in [4.78, 5) is 44.8. The summed E-state index contributed by atoms with van der Waals surface area (Å²) in [6.07, 6.45) is -0.951. The lowest BCUT2D eigenvalue weighted by molar-refractivity contribution is -0.145. The van der Waals surface area contributed by atoms with Crippen molar-refractivity contribution in [1.29, 1.82) is 0 Å². The molecule has 0 fully saturated rings. The lowest BCUT2D eigenvalue weighted by Gasteiger charge is -2.28. The van der Waals surface area contributed by atoms with Crippen LogP contribution in [0.5, 0.6) is 0 Å². The zero-order chi connectivity index (χ0) is 22.7. The third-order valence-corrected chi connectivity index (χ3v) is 6.26. The Hall–Kier alpha value is -2.42. The first-order chi connectivity index (χ1) is 14.0. The molecule has 30 heavy (non-hydrogen) atoms. The summed E-state index contributed by atoms with van der Waals surface area (Å²) in [5, 5.41) is 14.1. The highest BCUT2D eigenvalue weighted by atomic mass is 31.2. The third kappa shape index (κ3) is 9.39. The fraction of sp³-hybridized carbons (Fsp3) is 0.526. The van der Waals surface area contributed by atoms with Crippen molar-refractivity contribution >= 4 is 25.5 Å². The van der Waals surface area contributed by atoms with E-state index < -0.39 is 43.3 Å². The topological polar surface area (TPSA) is 168 Å². The number of urea groups is 1. The van der Waals surface area contributed by atoms with E-state index in [-0.39, 0.29) is 25.8 Å². The van der Waals surface area contributed by atoms with E-state index >= 15 is 0 Å². The number of carboxylic acid groups (broad SMARTS) is 1. The molecule has 168 valence electrons. The number of nitrogens with one attached hydrogen (secondary N) is 2. The second kappa shape index (κ2) is 12.3. The summed E-state index contributed by atoms with van der Waals surface area (Å²) in [5.41, 5.74) is 5.88. The van der Waals surface area contributed by atoms with Crippen LogP contribution in [0.3, 0.4) is 0 Å². The maximum absolute atomic E-state index is 12.8. The fourth-order valence-electron chi connectivity index (χ4n) is 2.73. The minimum absolute atomic E-state index is 0.0992. The third-order valence-electron chi connectivity index (χ3n) is 4.27. The molecule has 0 aliphatic carbocycles. The lowest BCUT2D eigenvalue weighted by atomic mass is 10.1. The molecule has 0 aromatic heterocycles. The summed E-state index contributed by atoms with van der Waals surface area (Å²) < 4.78 is 17.8. The van der Waals surface area contributed by atoms with Gasteiger partial charge in [-0.3, -0.25) is 13.9 Å². The Morgan fingerprint density at radius 2 is 1.83 bits per heavy atom. The Bertz CT molecular complexity index is 758. The monoisotopic (exact) mass is 443 g/mol. The summed E-state index contributed by atoms with van der Waals surface area (Å²) in [5.74, 6) is -3.59. The number of hydrogen-bond acceptors (Lipinski definition) is 5. The van der Waals surface area contributed by atoms with Crippen molar-refractivity contribution in [3.8, 4) is 0 Å². The SMILES string of the molecule is CC(C)C(NC(=O)CCc1ccccc1)P(=O)(O)O[C@@H](CCCNC(N)=O)C(=O)O. The number of amides is 3. The molecule has 1 rings (SSSR count). The number of carbonyl (C=O) groups is 3. The van der Waals surface area contributed by atoms with Crippen molar-refractivity contribution in [3.05, 3.63) is 35.9 Å². The standard InChI is InChI=1S/C19H30N3O7P/c1-13(2)17(22-16(23)11-10-14-7-4-3-5-8-14)30(27,28)29-15(18(24)25)9-6-12-21-19(20)26/h3-5,7-8,13,15,17H,6,9-12H2,1-2H3,(H,22,23)(H,24,25)(H,27,28)(H3,20,21,26)/t15-,17?/m0/s1. The Balaban J connectivity index is 2.71. The van der Waals surface area contributed by atoms with Crippen LogP contribution in [-0.4, -0.2) is 46.3 Å². The van der Waals surface area contributed by atoms with E-state index in [2.05, 4.69) is 10.6 Å². The van der Waals surface area contributed by atoms with E-state index in [1.165, 1.54) is 0 Å². The van der Waals surface area contributed by atoms with Crippen molar-refractivity contribution in [3.63, 3.8) is 0 Å². The van der Waals surface area contributed by atoms with E-state index in [1.54, 1.807) is 13.8 Å². The van der Waals surface area contributed by atoms with Crippen LogP contribution >= 0.6 is 7.60 Å². The lowest BCUT2D eigenvalue weighted by Crippen LogP contribution is -2.40. The molecule has 0 heterocycles. The number of carboxylic acids is 1. The molecule has 10 nitrogen and oxygen atoms in total. The first kappa shape index (κ1) is 25.6. The van der Waals surface area contributed by atoms with Crippen molar-refractivity contribution in [2.75, 3.05) is 6.54 Å². The number of aliphatic carboxylic acids is 1. The molecule has 2 unspecified atom stereocenters. The second-order valence-corrected chi connectivity index (χ2v) is 9.07. The molecule has 11 heteroatoms. The average Bonchev–Trinajstić information content (AvgIpc) is 2.66. The number of nitrogens with two attached hydrogens (primary N) is 1. The predicted octanol–water partition coefficient (Wildman–Crippen LogP) is 1.82. The number of primary amides is 1. The molecule has 0 spiro atoms. The van der Waals surface area contributed by atoms with Gasteiger partial charge in [0.15, 0.2) is 6.10 Å². The van der Waals surface area contributed by atoms with Gasteiger partial charge in [-0.25, -0.2) is 9.59 Å². The van der Waals surface area contributed by atoms with Crippen molar-refractivity contribution in [2.24, 2.45) is 11.7 Å². The maximum Gasteiger partial charge on any atom is 0.351 e. The molecule has 0 saturated carbocycles. The van der Waals surface area contributed by atoms with Gasteiger partial charge in [0.2, 0.25) is 5.91 Å². The van der Waals surface area contributed by atoms with E-state index in [0.717, 1.165) is 5.56 Å². The number of rotatable bonds is 13. The van der Waals surface area contributed by atoms with E-state index in [4.69, 9.17) is 10.3 Å². The highest BCUT2D eigenvalue weighted by Gasteiger charge is 2.40. The Morgan fingerprint density at radius 3 is 2.37 bits per heavy atom. The fourth-order valence-corrected chi connectivity index (χ4v) is 4.48. The van der Waals surface area contributed by atoms with Crippen molar-refractivity contribution in [1.82, 2.24) is 10.6 Å². The molecule has 6 N–H and O–H groups in total. The molecule has 1 aromatic carbocycles. The van der Waals surface area contributed by atoms with E-state index in [9.17, 15) is 28.9 Å². The Morgan fingerprint density at radius 1 is 1.20 bits per heavy atom. The minimum Gasteiger partial charge on any atom is -0.479 e. The van der Waals surface area contributed by atoms with Crippen LogP contribution in [0.2, 0.25) is 0 Å². The molecule has 0 aliphatic heterocycles. The van der Waals surface area contributed by atoms with Gasteiger partial charge in [0.05, 0.1) is 0 Å². The number of hydrogen-bond donors (Lipinski definition) is 5. The van der Waals surface area contributed by atoms with Gasteiger partial charge in [0.25, 0.3) is 0 Å².